The highest BCUT2D eigenvalue weighted by Crippen LogP contribution is 2.21. The molecular formula is C22H26N4O. The Balaban J connectivity index is 1.60. The Hall–Kier alpha value is -3.08. The van der Waals surface area contributed by atoms with E-state index >= 15 is 0 Å². The molecule has 0 aliphatic carbocycles. The summed E-state index contributed by atoms with van der Waals surface area (Å²) in [4.78, 5) is 8.66. The van der Waals surface area contributed by atoms with Crippen LogP contribution in [0.1, 0.15) is 35.5 Å². The van der Waals surface area contributed by atoms with Crippen molar-refractivity contribution in [3.05, 3.63) is 77.3 Å². The molecule has 1 heterocycles. The third kappa shape index (κ3) is 4.76. The maximum Gasteiger partial charge on any atom is 0.214 e. The molecular weight excluding hydrogens is 336 g/mol. The second-order valence-corrected chi connectivity index (χ2v) is 6.63. The molecule has 0 aliphatic heterocycles. The van der Waals surface area contributed by atoms with Gasteiger partial charge in [-0.2, -0.15) is 0 Å². The van der Waals surface area contributed by atoms with Crippen molar-refractivity contribution in [2.24, 2.45) is 4.99 Å². The third-order valence-electron chi connectivity index (χ3n) is 4.53. The Labute approximate surface area is 160 Å². The van der Waals surface area contributed by atoms with E-state index in [1.165, 1.54) is 16.7 Å². The Morgan fingerprint density at radius 3 is 2.56 bits per heavy atom. The van der Waals surface area contributed by atoms with Crippen LogP contribution in [-0.2, 0) is 6.54 Å². The normalized spacial score (nSPS) is 12.7. The van der Waals surface area contributed by atoms with E-state index in [-0.39, 0.29) is 6.04 Å². The van der Waals surface area contributed by atoms with E-state index < -0.39 is 0 Å². The number of hydrogen-bond acceptors (Lipinski definition) is 3. The van der Waals surface area contributed by atoms with Crippen LogP contribution in [0.2, 0.25) is 0 Å². The summed E-state index contributed by atoms with van der Waals surface area (Å²) < 4.78 is 5.86. The van der Waals surface area contributed by atoms with Gasteiger partial charge in [-0.15, -0.1) is 0 Å². The van der Waals surface area contributed by atoms with Gasteiger partial charge in [-0.3, -0.25) is 4.99 Å². The molecule has 3 aromatic rings. The van der Waals surface area contributed by atoms with Gasteiger partial charge in [-0.1, -0.05) is 54.1 Å². The minimum atomic E-state index is 0.144. The fourth-order valence-corrected chi connectivity index (χ4v) is 2.95. The van der Waals surface area contributed by atoms with Crippen LogP contribution in [0.25, 0.3) is 11.3 Å². The van der Waals surface area contributed by atoms with Crippen LogP contribution in [-0.4, -0.2) is 18.0 Å². The predicted octanol–water partition coefficient (Wildman–Crippen LogP) is 4.38. The molecule has 0 saturated carbocycles. The SMILES string of the molecule is CN=C(NCc1ncc(-c2ccc(C)cc2)o1)NC(C)c1ccccc1C. The minimum absolute atomic E-state index is 0.144. The van der Waals surface area contributed by atoms with Gasteiger partial charge < -0.3 is 15.1 Å². The zero-order valence-corrected chi connectivity index (χ0v) is 16.3. The summed E-state index contributed by atoms with van der Waals surface area (Å²) in [6, 6.07) is 16.7. The van der Waals surface area contributed by atoms with Gasteiger partial charge in [0.1, 0.15) is 0 Å². The monoisotopic (exact) mass is 362 g/mol. The Bertz CT molecular complexity index is 912. The smallest absolute Gasteiger partial charge is 0.214 e. The van der Waals surface area contributed by atoms with E-state index in [0.717, 1.165) is 11.3 Å². The standard InChI is InChI=1S/C22H26N4O/c1-15-9-11-18(12-10-15)20-13-24-21(27-20)14-25-22(23-4)26-17(3)19-8-6-5-7-16(19)2/h5-13,17H,14H2,1-4H3,(H2,23,25,26). The van der Waals surface area contributed by atoms with Crippen molar-refractivity contribution in [1.82, 2.24) is 15.6 Å². The summed E-state index contributed by atoms with van der Waals surface area (Å²) in [5.74, 6) is 2.10. The van der Waals surface area contributed by atoms with Gasteiger partial charge in [0.2, 0.25) is 5.89 Å². The second kappa shape index (κ2) is 8.54. The molecule has 2 aromatic carbocycles. The van der Waals surface area contributed by atoms with Crippen LogP contribution in [0.15, 0.2) is 64.1 Å². The van der Waals surface area contributed by atoms with Gasteiger partial charge in [0.25, 0.3) is 0 Å². The molecule has 0 spiro atoms. The van der Waals surface area contributed by atoms with Crippen molar-refractivity contribution in [2.75, 3.05) is 7.05 Å². The van der Waals surface area contributed by atoms with Crippen molar-refractivity contribution in [3.63, 3.8) is 0 Å². The lowest BCUT2D eigenvalue weighted by Crippen LogP contribution is -2.38. The van der Waals surface area contributed by atoms with Crippen LogP contribution < -0.4 is 10.6 Å². The first kappa shape index (κ1) is 18.7. The van der Waals surface area contributed by atoms with Crippen molar-refractivity contribution in [1.29, 1.82) is 0 Å². The second-order valence-electron chi connectivity index (χ2n) is 6.63. The quantitative estimate of drug-likeness (QED) is 0.522. The predicted molar refractivity (Wildman–Crippen MR) is 110 cm³/mol. The number of guanidine groups is 1. The molecule has 27 heavy (non-hydrogen) atoms. The van der Waals surface area contributed by atoms with Gasteiger partial charge in [0.15, 0.2) is 11.7 Å². The van der Waals surface area contributed by atoms with E-state index in [0.29, 0.717) is 18.4 Å². The molecule has 1 atom stereocenters. The highest BCUT2D eigenvalue weighted by Gasteiger charge is 2.11. The molecule has 0 fully saturated rings. The Morgan fingerprint density at radius 2 is 1.85 bits per heavy atom. The minimum Gasteiger partial charge on any atom is -0.439 e. The Morgan fingerprint density at radius 1 is 1.11 bits per heavy atom. The first-order valence-electron chi connectivity index (χ1n) is 9.11. The van der Waals surface area contributed by atoms with E-state index in [2.05, 4.69) is 71.7 Å². The van der Waals surface area contributed by atoms with Crippen LogP contribution in [0.4, 0.5) is 0 Å². The van der Waals surface area contributed by atoms with Gasteiger partial charge in [-0.05, 0) is 31.9 Å². The van der Waals surface area contributed by atoms with Crippen molar-refractivity contribution >= 4 is 5.96 Å². The van der Waals surface area contributed by atoms with Gasteiger partial charge >= 0.3 is 0 Å². The maximum atomic E-state index is 5.86. The van der Waals surface area contributed by atoms with Crippen LogP contribution >= 0.6 is 0 Å². The highest BCUT2D eigenvalue weighted by molar-refractivity contribution is 5.80. The number of nitrogens with zero attached hydrogens (tertiary/aromatic N) is 2. The molecule has 2 N–H and O–H groups in total. The number of nitrogens with one attached hydrogen (secondary N) is 2. The van der Waals surface area contributed by atoms with Gasteiger partial charge in [0, 0.05) is 12.6 Å². The summed E-state index contributed by atoms with van der Waals surface area (Å²) in [5.41, 5.74) is 4.74. The lowest BCUT2D eigenvalue weighted by atomic mass is 10.0. The lowest BCUT2D eigenvalue weighted by Gasteiger charge is -2.19. The zero-order chi connectivity index (χ0) is 19.2. The summed E-state index contributed by atoms with van der Waals surface area (Å²) in [6.45, 7) is 6.76. The van der Waals surface area contributed by atoms with Crippen molar-refractivity contribution in [2.45, 2.75) is 33.4 Å². The third-order valence-corrected chi connectivity index (χ3v) is 4.53. The summed E-state index contributed by atoms with van der Waals surface area (Å²) in [7, 11) is 1.76. The maximum absolute atomic E-state index is 5.86. The highest BCUT2D eigenvalue weighted by atomic mass is 16.4. The van der Waals surface area contributed by atoms with Gasteiger partial charge in [0.05, 0.1) is 18.8 Å². The summed E-state index contributed by atoms with van der Waals surface area (Å²) >= 11 is 0. The number of hydrogen-bond donors (Lipinski definition) is 2. The topological polar surface area (TPSA) is 62.5 Å². The first-order chi connectivity index (χ1) is 13.1. The molecule has 3 rings (SSSR count). The van der Waals surface area contributed by atoms with Crippen molar-refractivity contribution < 1.29 is 4.42 Å². The first-order valence-corrected chi connectivity index (χ1v) is 9.11. The van der Waals surface area contributed by atoms with E-state index in [1.54, 1.807) is 13.2 Å². The van der Waals surface area contributed by atoms with Crippen LogP contribution in [0.5, 0.6) is 0 Å². The number of benzene rings is 2. The number of aliphatic imine (C=N–C) groups is 1. The molecule has 5 nitrogen and oxygen atoms in total. The molecule has 1 aromatic heterocycles. The number of rotatable bonds is 5. The Kier molecular flexibility index (Phi) is 5.91. The molecule has 0 amide bonds. The zero-order valence-electron chi connectivity index (χ0n) is 16.3. The summed E-state index contributed by atoms with van der Waals surface area (Å²) in [5, 5.41) is 6.67. The molecule has 0 bridgehead atoms. The lowest BCUT2D eigenvalue weighted by molar-refractivity contribution is 0.496. The molecule has 0 radical (unpaired) electrons. The number of aromatic nitrogens is 1. The van der Waals surface area contributed by atoms with Crippen LogP contribution in [0.3, 0.4) is 0 Å². The summed E-state index contributed by atoms with van der Waals surface area (Å²) in [6.07, 6.45) is 1.76. The average molecular weight is 362 g/mol. The van der Waals surface area contributed by atoms with Crippen LogP contribution in [0, 0.1) is 13.8 Å². The largest absolute Gasteiger partial charge is 0.439 e. The van der Waals surface area contributed by atoms with E-state index in [1.807, 2.05) is 18.2 Å². The molecule has 140 valence electrons. The molecule has 0 saturated heterocycles. The van der Waals surface area contributed by atoms with E-state index in [4.69, 9.17) is 4.42 Å². The van der Waals surface area contributed by atoms with E-state index in [9.17, 15) is 0 Å². The van der Waals surface area contributed by atoms with Crippen molar-refractivity contribution in [3.8, 4) is 11.3 Å². The fraction of sp³-hybridized carbons (Fsp3) is 0.273. The fourth-order valence-electron chi connectivity index (χ4n) is 2.95. The molecule has 0 aliphatic rings. The molecule has 5 heteroatoms. The van der Waals surface area contributed by atoms with Gasteiger partial charge in [-0.25, -0.2) is 4.98 Å². The number of aryl methyl sites for hydroxylation is 2. The number of oxazole rings is 1. The average Bonchev–Trinajstić information content (AvgIpc) is 3.15. The molecule has 1 unspecified atom stereocenters.